The SMILES string of the molecule is CC(=O)c1ccccc1-c1cn(Cc2cc(=O)n3cc(C)ccc3n2)nn1. The third-order valence-electron chi connectivity index (χ3n) is 4.31. The first-order valence-electron chi connectivity index (χ1n) is 8.51. The van der Waals surface area contributed by atoms with Crippen molar-refractivity contribution in [3.05, 3.63) is 82.0 Å². The second-order valence-electron chi connectivity index (χ2n) is 6.42. The van der Waals surface area contributed by atoms with Gasteiger partial charge >= 0.3 is 0 Å². The van der Waals surface area contributed by atoms with Crippen molar-refractivity contribution >= 4 is 11.4 Å². The largest absolute Gasteiger partial charge is 0.294 e. The van der Waals surface area contributed by atoms with Crippen molar-refractivity contribution in [2.24, 2.45) is 0 Å². The highest BCUT2D eigenvalue weighted by molar-refractivity contribution is 6.00. The summed E-state index contributed by atoms with van der Waals surface area (Å²) in [7, 11) is 0. The van der Waals surface area contributed by atoms with Gasteiger partial charge in [-0.05, 0) is 25.5 Å². The van der Waals surface area contributed by atoms with Crippen LogP contribution in [0.15, 0.2) is 59.7 Å². The minimum Gasteiger partial charge on any atom is -0.294 e. The van der Waals surface area contributed by atoms with E-state index in [9.17, 15) is 9.59 Å². The number of pyridine rings is 1. The van der Waals surface area contributed by atoms with Crippen molar-refractivity contribution in [3.63, 3.8) is 0 Å². The van der Waals surface area contributed by atoms with E-state index in [0.717, 1.165) is 11.1 Å². The Morgan fingerprint density at radius 1 is 1.11 bits per heavy atom. The van der Waals surface area contributed by atoms with Gasteiger partial charge in [-0.15, -0.1) is 5.10 Å². The zero-order chi connectivity index (χ0) is 19.0. The highest BCUT2D eigenvalue weighted by Gasteiger charge is 2.12. The van der Waals surface area contributed by atoms with E-state index in [0.29, 0.717) is 29.1 Å². The second-order valence-corrected chi connectivity index (χ2v) is 6.42. The van der Waals surface area contributed by atoms with Gasteiger partial charge in [0.05, 0.1) is 18.4 Å². The molecule has 0 N–H and O–H groups in total. The minimum atomic E-state index is -0.138. The number of ketones is 1. The Bertz CT molecular complexity index is 1220. The van der Waals surface area contributed by atoms with Crippen LogP contribution in [0.2, 0.25) is 0 Å². The van der Waals surface area contributed by atoms with Crippen LogP contribution in [-0.4, -0.2) is 30.2 Å². The number of aromatic nitrogens is 5. The molecule has 4 rings (SSSR count). The maximum Gasteiger partial charge on any atom is 0.258 e. The molecule has 27 heavy (non-hydrogen) atoms. The molecular formula is C20H17N5O2. The average Bonchev–Trinajstić information content (AvgIpc) is 3.11. The summed E-state index contributed by atoms with van der Waals surface area (Å²) in [6.45, 7) is 3.77. The van der Waals surface area contributed by atoms with E-state index in [4.69, 9.17) is 0 Å². The van der Waals surface area contributed by atoms with Crippen LogP contribution in [0.4, 0.5) is 0 Å². The molecule has 0 saturated heterocycles. The molecule has 0 fully saturated rings. The predicted molar refractivity (Wildman–Crippen MR) is 101 cm³/mol. The van der Waals surface area contributed by atoms with Gasteiger partial charge in [-0.2, -0.15) is 0 Å². The zero-order valence-corrected chi connectivity index (χ0v) is 15.0. The van der Waals surface area contributed by atoms with Crippen LogP contribution in [0.1, 0.15) is 28.5 Å². The fraction of sp³-hybridized carbons (Fsp3) is 0.150. The van der Waals surface area contributed by atoms with E-state index in [-0.39, 0.29) is 11.3 Å². The number of carbonyl (C=O) groups excluding carboxylic acids is 1. The molecule has 3 heterocycles. The van der Waals surface area contributed by atoms with Crippen molar-refractivity contribution < 1.29 is 4.79 Å². The van der Waals surface area contributed by atoms with E-state index in [2.05, 4.69) is 15.3 Å². The summed E-state index contributed by atoms with van der Waals surface area (Å²) in [5, 5.41) is 8.29. The Morgan fingerprint density at radius 3 is 2.74 bits per heavy atom. The first kappa shape index (κ1) is 16.8. The molecule has 134 valence electrons. The molecule has 0 atom stereocenters. The lowest BCUT2D eigenvalue weighted by Crippen LogP contribution is -2.17. The molecule has 0 saturated carbocycles. The number of Topliss-reactive ketones (excluding diaryl/α,β-unsaturated/α-hetero) is 1. The van der Waals surface area contributed by atoms with Crippen LogP contribution >= 0.6 is 0 Å². The van der Waals surface area contributed by atoms with E-state index < -0.39 is 0 Å². The number of aryl methyl sites for hydroxylation is 1. The van der Waals surface area contributed by atoms with Crippen LogP contribution in [0, 0.1) is 6.92 Å². The number of benzene rings is 1. The Kier molecular flexibility index (Phi) is 4.12. The fourth-order valence-electron chi connectivity index (χ4n) is 3.02. The van der Waals surface area contributed by atoms with Crippen LogP contribution in [0.25, 0.3) is 16.9 Å². The summed E-state index contributed by atoms with van der Waals surface area (Å²) >= 11 is 0. The smallest absolute Gasteiger partial charge is 0.258 e. The third kappa shape index (κ3) is 3.27. The summed E-state index contributed by atoms with van der Waals surface area (Å²) in [4.78, 5) is 28.7. The van der Waals surface area contributed by atoms with Crippen LogP contribution < -0.4 is 5.56 Å². The molecule has 7 nitrogen and oxygen atoms in total. The molecule has 7 heteroatoms. The minimum absolute atomic E-state index is 0.0281. The molecule has 0 unspecified atom stereocenters. The van der Waals surface area contributed by atoms with Crippen LogP contribution in [0.5, 0.6) is 0 Å². The van der Waals surface area contributed by atoms with Crippen LogP contribution in [0.3, 0.4) is 0 Å². The summed E-state index contributed by atoms with van der Waals surface area (Å²) in [6.07, 6.45) is 3.51. The lowest BCUT2D eigenvalue weighted by molar-refractivity contribution is 0.101. The predicted octanol–water partition coefficient (Wildman–Crippen LogP) is 2.51. The number of fused-ring (bicyclic) bond motifs is 1. The Balaban J connectivity index is 1.68. The molecule has 0 bridgehead atoms. The van der Waals surface area contributed by atoms with Gasteiger partial charge in [-0.25, -0.2) is 9.67 Å². The summed E-state index contributed by atoms with van der Waals surface area (Å²) < 4.78 is 3.13. The maximum atomic E-state index is 12.3. The van der Waals surface area contributed by atoms with Crippen LogP contribution in [-0.2, 0) is 6.54 Å². The van der Waals surface area contributed by atoms with Gasteiger partial charge in [-0.3, -0.25) is 14.0 Å². The van der Waals surface area contributed by atoms with Gasteiger partial charge in [0.2, 0.25) is 0 Å². The lowest BCUT2D eigenvalue weighted by atomic mass is 10.0. The van der Waals surface area contributed by atoms with Crippen molar-refractivity contribution in [3.8, 4) is 11.3 Å². The Labute approximate surface area is 154 Å². The van der Waals surface area contributed by atoms with Gasteiger partial charge in [0.25, 0.3) is 5.56 Å². The Hall–Kier alpha value is -3.61. The molecule has 0 spiro atoms. The molecule has 4 aromatic rings. The molecule has 3 aromatic heterocycles. The second kappa shape index (κ2) is 6.60. The summed E-state index contributed by atoms with van der Waals surface area (Å²) in [5.41, 5.74) is 3.98. The zero-order valence-electron chi connectivity index (χ0n) is 15.0. The highest BCUT2D eigenvalue weighted by atomic mass is 16.1. The highest BCUT2D eigenvalue weighted by Crippen LogP contribution is 2.21. The molecule has 0 amide bonds. The van der Waals surface area contributed by atoms with E-state index in [1.54, 1.807) is 23.1 Å². The molecule has 0 aliphatic rings. The standard InChI is InChI=1S/C20H17N5O2/c1-13-7-8-19-21-15(9-20(27)25(19)10-13)11-24-12-18(22-23-24)17-6-4-3-5-16(17)14(2)26/h3-10,12H,11H2,1-2H3. The molecule has 0 aliphatic carbocycles. The quantitative estimate of drug-likeness (QED) is 0.523. The topological polar surface area (TPSA) is 82.2 Å². The normalized spacial score (nSPS) is 11.0. The lowest BCUT2D eigenvalue weighted by Gasteiger charge is -2.05. The molecular weight excluding hydrogens is 342 g/mol. The molecule has 0 aliphatic heterocycles. The third-order valence-corrected chi connectivity index (χ3v) is 4.31. The monoisotopic (exact) mass is 359 g/mol. The molecule has 1 aromatic carbocycles. The van der Waals surface area contributed by atoms with Gasteiger partial charge in [0, 0.05) is 23.4 Å². The number of carbonyl (C=O) groups is 1. The van der Waals surface area contributed by atoms with E-state index in [1.807, 2.05) is 37.3 Å². The maximum absolute atomic E-state index is 12.3. The number of rotatable bonds is 4. The number of hydrogen-bond acceptors (Lipinski definition) is 5. The average molecular weight is 359 g/mol. The van der Waals surface area contributed by atoms with Gasteiger partial charge < -0.3 is 0 Å². The van der Waals surface area contributed by atoms with Crippen molar-refractivity contribution in [1.29, 1.82) is 0 Å². The van der Waals surface area contributed by atoms with Crippen molar-refractivity contribution in [2.45, 2.75) is 20.4 Å². The number of nitrogens with zero attached hydrogens (tertiary/aromatic N) is 5. The van der Waals surface area contributed by atoms with E-state index in [1.165, 1.54) is 17.4 Å². The van der Waals surface area contributed by atoms with Gasteiger partial charge in [0.15, 0.2) is 5.78 Å². The van der Waals surface area contributed by atoms with Gasteiger partial charge in [-0.1, -0.05) is 35.5 Å². The van der Waals surface area contributed by atoms with Gasteiger partial charge in [0.1, 0.15) is 11.3 Å². The van der Waals surface area contributed by atoms with Crippen molar-refractivity contribution in [2.75, 3.05) is 0 Å². The molecule has 0 radical (unpaired) electrons. The fourth-order valence-corrected chi connectivity index (χ4v) is 3.02. The summed E-state index contributed by atoms with van der Waals surface area (Å²) in [6, 6.07) is 12.5. The van der Waals surface area contributed by atoms with E-state index >= 15 is 0 Å². The first-order valence-corrected chi connectivity index (χ1v) is 8.51. The first-order chi connectivity index (χ1) is 13.0. The summed E-state index contributed by atoms with van der Waals surface area (Å²) in [5.74, 6) is -0.0281. The Morgan fingerprint density at radius 2 is 1.93 bits per heavy atom. The van der Waals surface area contributed by atoms with Crippen molar-refractivity contribution in [1.82, 2.24) is 24.4 Å². The number of hydrogen-bond donors (Lipinski definition) is 0.